The summed E-state index contributed by atoms with van der Waals surface area (Å²) in [5.41, 5.74) is 2.01. The fraction of sp³-hybridized carbons (Fsp3) is 0.250. The highest BCUT2D eigenvalue weighted by Gasteiger charge is 2.08. The molecule has 1 aromatic carbocycles. The normalized spacial score (nSPS) is 11.2. The van der Waals surface area contributed by atoms with Crippen molar-refractivity contribution in [1.29, 1.82) is 0 Å². The molecule has 0 N–H and O–H groups in total. The summed E-state index contributed by atoms with van der Waals surface area (Å²) in [5.74, 6) is 1.16. The van der Waals surface area contributed by atoms with Crippen molar-refractivity contribution in [3.05, 3.63) is 42.7 Å². The summed E-state index contributed by atoms with van der Waals surface area (Å²) < 4.78 is 0. The number of fused-ring (bicyclic) bond motifs is 3. The first-order valence-electron chi connectivity index (χ1n) is 6.65. The molecule has 0 aliphatic rings. The zero-order valence-corrected chi connectivity index (χ0v) is 11.8. The maximum Gasteiger partial charge on any atom is 0.0975 e. The van der Waals surface area contributed by atoms with Gasteiger partial charge in [0.25, 0.3) is 0 Å². The molecular formula is C16H16N2S. The van der Waals surface area contributed by atoms with Gasteiger partial charge in [-0.1, -0.05) is 25.5 Å². The molecule has 0 fully saturated rings. The van der Waals surface area contributed by atoms with Gasteiger partial charge in [-0.3, -0.25) is 9.97 Å². The van der Waals surface area contributed by atoms with Crippen LogP contribution in [0.2, 0.25) is 0 Å². The lowest BCUT2D eigenvalue weighted by Crippen LogP contribution is -1.88. The van der Waals surface area contributed by atoms with Crippen molar-refractivity contribution in [2.45, 2.75) is 24.7 Å². The van der Waals surface area contributed by atoms with Gasteiger partial charge >= 0.3 is 0 Å². The SMILES string of the molecule is CCCCSc1cc2cccnc2c2ncccc12. The Morgan fingerprint density at radius 1 is 1.05 bits per heavy atom. The number of aromatic nitrogens is 2. The Bertz CT molecular complexity index is 709. The number of hydrogen-bond acceptors (Lipinski definition) is 3. The lowest BCUT2D eigenvalue weighted by molar-refractivity contribution is 0.896. The van der Waals surface area contributed by atoms with Crippen LogP contribution >= 0.6 is 11.8 Å². The molecule has 0 amide bonds. The van der Waals surface area contributed by atoms with Crippen LogP contribution < -0.4 is 0 Å². The molecular weight excluding hydrogens is 252 g/mol. The third-order valence-electron chi connectivity index (χ3n) is 3.18. The van der Waals surface area contributed by atoms with Crippen molar-refractivity contribution in [3.8, 4) is 0 Å². The number of unbranched alkanes of at least 4 members (excludes halogenated alkanes) is 1. The van der Waals surface area contributed by atoms with E-state index in [1.165, 1.54) is 28.5 Å². The average molecular weight is 268 g/mol. The van der Waals surface area contributed by atoms with Crippen LogP contribution in [0.5, 0.6) is 0 Å². The van der Waals surface area contributed by atoms with Crippen LogP contribution in [-0.2, 0) is 0 Å². The highest BCUT2D eigenvalue weighted by molar-refractivity contribution is 7.99. The second kappa shape index (κ2) is 5.57. The number of rotatable bonds is 4. The Labute approximate surface area is 117 Å². The summed E-state index contributed by atoms with van der Waals surface area (Å²) in [6, 6.07) is 10.5. The van der Waals surface area contributed by atoms with Crippen molar-refractivity contribution in [2.24, 2.45) is 0 Å². The van der Waals surface area contributed by atoms with E-state index in [1.54, 1.807) is 0 Å². The summed E-state index contributed by atoms with van der Waals surface area (Å²) in [7, 11) is 0. The van der Waals surface area contributed by atoms with Crippen LogP contribution in [-0.4, -0.2) is 15.7 Å². The minimum atomic E-state index is 0.998. The number of benzene rings is 1. The quantitative estimate of drug-likeness (QED) is 0.390. The topological polar surface area (TPSA) is 25.8 Å². The van der Waals surface area contributed by atoms with Crippen LogP contribution in [0.15, 0.2) is 47.6 Å². The van der Waals surface area contributed by atoms with E-state index in [1.807, 2.05) is 36.3 Å². The van der Waals surface area contributed by atoms with Crippen LogP contribution in [0.4, 0.5) is 0 Å². The van der Waals surface area contributed by atoms with Gasteiger partial charge in [-0.05, 0) is 30.4 Å². The smallest absolute Gasteiger partial charge is 0.0975 e. The third kappa shape index (κ3) is 2.43. The molecule has 96 valence electrons. The van der Waals surface area contributed by atoms with Crippen LogP contribution in [0.25, 0.3) is 21.8 Å². The van der Waals surface area contributed by atoms with Crippen molar-refractivity contribution >= 4 is 33.6 Å². The maximum absolute atomic E-state index is 4.52. The monoisotopic (exact) mass is 268 g/mol. The molecule has 2 heterocycles. The third-order valence-corrected chi connectivity index (χ3v) is 4.32. The van der Waals surface area contributed by atoms with Crippen LogP contribution in [0.1, 0.15) is 19.8 Å². The van der Waals surface area contributed by atoms with E-state index in [0.717, 1.165) is 16.8 Å². The molecule has 0 unspecified atom stereocenters. The fourth-order valence-electron chi connectivity index (χ4n) is 2.19. The molecule has 0 aliphatic heterocycles. The molecule has 2 nitrogen and oxygen atoms in total. The average Bonchev–Trinajstić information content (AvgIpc) is 2.47. The lowest BCUT2D eigenvalue weighted by Gasteiger charge is -2.08. The predicted molar refractivity (Wildman–Crippen MR) is 82.7 cm³/mol. The number of hydrogen-bond donors (Lipinski definition) is 0. The summed E-state index contributed by atoms with van der Waals surface area (Å²) >= 11 is 1.92. The first-order valence-corrected chi connectivity index (χ1v) is 7.64. The lowest BCUT2D eigenvalue weighted by atomic mass is 10.1. The van der Waals surface area contributed by atoms with Crippen molar-refractivity contribution in [3.63, 3.8) is 0 Å². The van der Waals surface area contributed by atoms with E-state index < -0.39 is 0 Å². The van der Waals surface area contributed by atoms with Crippen LogP contribution in [0, 0.1) is 0 Å². The first kappa shape index (κ1) is 12.4. The summed E-state index contributed by atoms with van der Waals surface area (Å²) in [6.45, 7) is 2.23. The summed E-state index contributed by atoms with van der Waals surface area (Å²) in [5, 5.41) is 2.39. The molecule has 0 saturated carbocycles. The van der Waals surface area contributed by atoms with Crippen molar-refractivity contribution in [2.75, 3.05) is 5.75 Å². The molecule has 0 saturated heterocycles. The van der Waals surface area contributed by atoms with Gasteiger partial charge in [0, 0.05) is 28.1 Å². The van der Waals surface area contributed by atoms with E-state index in [0.29, 0.717) is 0 Å². The standard InChI is InChI=1S/C16H16N2S/c1-2-3-10-19-14-11-12-6-4-8-17-15(12)16-13(14)7-5-9-18-16/h4-9,11H,2-3,10H2,1H3. The van der Waals surface area contributed by atoms with Gasteiger partial charge < -0.3 is 0 Å². The van der Waals surface area contributed by atoms with Gasteiger partial charge in [0.2, 0.25) is 0 Å². The minimum absolute atomic E-state index is 0.998. The highest BCUT2D eigenvalue weighted by Crippen LogP contribution is 2.32. The van der Waals surface area contributed by atoms with Gasteiger partial charge in [-0.2, -0.15) is 0 Å². The van der Waals surface area contributed by atoms with Gasteiger partial charge in [0.1, 0.15) is 0 Å². The molecule has 0 spiro atoms. The van der Waals surface area contributed by atoms with Gasteiger partial charge in [0.15, 0.2) is 0 Å². The van der Waals surface area contributed by atoms with E-state index in [-0.39, 0.29) is 0 Å². The molecule has 2 aromatic heterocycles. The molecule has 3 heteroatoms. The Morgan fingerprint density at radius 2 is 1.84 bits per heavy atom. The molecule has 3 rings (SSSR count). The molecule has 0 atom stereocenters. The molecule has 0 aliphatic carbocycles. The second-order valence-electron chi connectivity index (χ2n) is 4.55. The maximum atomic E-state index is 4.52. The molecule has 0 radical (unpaired) electrons. The number of thioether (sulfide) groups is 1. The molecule has 0 bridgehead atoms. The van der Waals surface area contributed by atoms with Crippen LogP contribution in [0.3, 0.4) is 0 Å². The summed E-state index contributed by atoms with van der Waals surface area (Å²) in [4.78, 5) is 10.3. The van der Waals surface area contributed by atoms with Crippen molar-refractivity contribution < 1.29 is 0 Å². The van der Waals surface area contributed by atoms with E-state index in [9.17, 15) is 0 Å². The van der Waals surface area contributed by atoms with Gasteiger partial charge in [0.05, 0.1) is 11.0 Å². The fourth-order valence-corrected chi connectivity index (χ4v) is 3.37. The number of pyridine rings is 2. The van der Waals surface area contributed by atoms with Gasteiger partial charge in [-0.15, -0.1) is 11.8 Å². The highest BCUT2D eigenvalue weighted by atomic mass is 32.2. The summed E-state index contributed by atoms with van der Waals surface area (Å²) in [6.07, 6.45) is 6.16. The van der Waals surface area contributed by atoms with Gasteiger partial charge in [-0.25, -0.2) is 0 Å². The van der Waals surface area contributed by atoms with E-state index in [2.05, 4.69) is 35.1 Å². The Kier molecular flexibility index (Phi) is 3.65. The number of nitrogens with zero attached hydrogens (tertiary/aromatic N) is 2. The first-order chi connectivity index (χ1) is 9.40. The zero-order valence-electron chi connectivity index (χ0n) is 11.0. The minimum Gasteiger partial charge on any atom is -0.254 e. The molecule has 3 aromatic rings. The zero-order chi connectivity index (χ0) is 13.1. The second-order valence-corrected chi connectivity index (χ2v) is 5.69. The Morgan fingerprint density at radius 3 is 2.68 bits per heavy atom. The Balaban J connectivity index is 2.18. The van der Waals surface area contributed by atoms with E-state index >= 15 is 0 Å². The Hall–Kier alpha value is -1.61. The largest absolute Gasteiger partial charge is 0.254 e. The molecule has 19 heavy (non-hydrogen) atoms. The van der Waals surface area contributed by atoms with E-state index in [4.69, 9.17) is 0 Å². The van der Waals surface area contributed by atoms with Crippen molar-refractivity contribution in [1.82, 2.24) is 9.97 Å². The predicted octanol–water partition coefficient (Wildman–Crippen LogP) is 4.68.